The minimum Gasteiger partial charge on any atom is -0.476 e. The molecule has 0 bridgehead atoms. The highest BCUT2D eigenvalue weighted by Gasteiger charge is 2.09. The summed E-state index contributed by atoms with van der Waals surface area (Å²) in [7, 11) is 1.65. The predicted molar refractivity (Wildman–Crippen MR) is 192 cm³/mol. The zero-order valence-electron chi connectivity index (χ0n) is 30.4. The number of hydrogen-bond acceptors (Lipinski definition) is 4. The first kappa shape index (κ1) is 43.4. The average Bonchev–Trinajstić information content (AvgIpc) is 3.03. The SMILES string of the molecule is CCCCCCCCCCOC(CCCCCCCCCCCCCCCC=COCOC)OCCCCCCCCCC. The Kier molecular flexibility index (Phi) is 39.9. The molecular formula is C40H80O4. The van der Waals surface area contributed by atoms with Crippen LogP contribution in [0, 0.1) is 0 Å². The third-order valence-corrected chi connectivity index (χ3v) is 8.79. The van der Waals surface area contributed by atoms with Crippen LogP contribution in [0.3, 0.4) is 0 Å². The first-order chi connectivity index (χ1) is 21.8. The molecule has 0 amide bonds. The van der Waals surface area contributed by atoms with E-state index in [-0.39, 0.29) is 6.29 Å². The van der Waals surface area contributed by atoms with Gasteiger partial charge in [-0.25, -0.2) is 0 Å². The fourth-order valence-corrected chi connectivity index (χ4v) is 5.88. The molecular weight excluding hydrogens is 544 g/mol. The first-order valence-electron chi connectivity index (χ1n) is 19.8. The summed E-state index contributed by atoms with van der Waals surface area (Å²) in [6.07, 6.45) is 45.5. The molecule has 0 aromatic rings. The summed E-state index contributed by atoms with van der Waals surface area (Å²) in [6, 6.07) is 0. The highest BCUT2D eigenvalue weighted by atomic mass is 16.7. The number of rotatable bonds is 39. The Hall–Kier alpha value is -0.580. The van der Waals surface area contributed by atoms with Crippen LogP contribution in [0.15, 0.2) is 12.3 Å². The normalized spacial score (nSPS) is 11.8. The zero-order chi connectivity index (χ0) is 31.9. The van der Waals surface area contributed by atoms with Gasteiger partial charge < -0.3 is 18.9 Å². The standard InChI is InChI=1S/C40H80O4/c1-4-6-8-10-12-25-29-33-37-43-40(44-38-34-30-26-13-11-9-7-5-2)35-31-27-23-21-19-17-15-14-16-18-20-22-24-28-32-36-42-39-41-3/h32,36,40H,4-31,33-35,37-39H2,1-3H3. The Balaban J connectivity index is 3.77. The van der Waals surface area contributed by atoms with Gasteiger partial charge in [-0.3, -0.25) is 0 Å². The Labute approximate surface area is 277 Å². The van der Waals surface area contributed by atoms with Crippen molar-refractivity contribution >= 4 is 0 Å². The molecule has 0 aromatic heterocycles. The number of ether oxygens (including phenoxy) is 4. The second-order valence-corrected chi connectivity index (χ2v) is 13.2. The fraction of sp³-hybridized carbons (Fsp3) is 0.950. The molecule has 0 N–H and O–H groups in total. The molecule has 0 aliphatic carbocycles. The highest BCUT2D eigenvalue weighted by Crippen LogP contribution is 2.16. The Morgan fingerprint density at radius 1 is 0.432 bits per heavy atom. The number of hydrogen-bond donors (Lipinski definition) is 0. The summed E-state index contributed by atoms with van der Waals surface area (Å²) < 4.78 is 22.5. The second kappa shape index (κ2) is 40.4. The molecule has 264 valence electrons. The molecule has 0 aromatic carbocycles. The van der Waals surface area contributed by atoms with E-state index >= 15 is 0 Å². The molecule has 0 saturated carbocycles. The highest BCUT2D eigenvalue weighted by molar-refractivity contribution is 4.72. The van der Waals surface area contributed by atoms with Crippen LogP contribution in [0.2, 0.25) is 0 Å². The summed E-state index contributed by atoms with van der Waals surface area (Å²) in [5, 5.41) is 0. The van der Waals surface area contributed by atoms with Crippen LogP contribution in [0.25, 0.3) is 0 Å². The fourth-order valence-electron chi connectivity index (χ4n) is 5.88. The Bertz CT molecular complexity index is 502. The van der Waals surface area contributed by atoms with Crippen molar-refractivity contribution in [3.63, 3.8) is 0 Å². The molecule has 0 heterocycles. The van der Waals surface area contributed by atoms with Gasteiger partial charge in [-0.05, 0) is 44.6 Å². The average molecular weight is 625 g/mol. The smallest absolute Gasteiger partial charge is 0.187 e. The van der Waals surface area contributed by atoms with Gasteiger partial charge in [0.2, 0.25) is 0 Å². The van der Waals surface area contributed by atoms with E-state index in [0.717, 1.165) is 26.1 Å². The van der Waals surface area contributed by atoms with E-state index in [1.54, 1.807) is 13.4 Å². The number of unbranched alkanes of at least 4 members (excludes halogenated alkanes) is 27. The summed E-state index contributed by atoms with van der Waals surface area (Å²) in [5.41, 5.74) is 0. The maximum absolute atomic E-state index is 6.26. The molecule has 0 atom stereocenters. The lowest BCUT2D eigenvalue weighted by molar-refractivity contribution is -0.148. The van der Waals surface area contributed by atoms with Crippen LogP contribution in [0.1, 0.15) is 213 Å². The summed E-state index contributed by atoms with van der Waals surface area (Å²) in [6.45, 7) is 6.68. The third kappa shape index (κ3) is 37.6. The molecule has 4 heteroatoms. The quantitative estimate of drug-likeness (QED) is 0.0387. The van der Waals surface area contributed by atoms with Gasteiger partial charge in [0.05, 0.1) is 6.26 Å². The van der Waals surface area contributed by atoms with E-state index in [1.807, 2.05) is 0 Å². The minimum absolute atomic E-state index is 0.0236. The number of allylic oxidation sites excluding steroid dienone is 1. The van der Waals surface area contributed by atoms with Crippen LogP contribution in [-0.2, 0) is 18.9 Å². The molecule has 0 radical (unpaired) electrons. The Morgan fingerprint density at radius 2 is 0.795 bits per heavy atom. The van der Waals surface area contributed by atoms with Gasteiger partial charge in [0, 0.05) is 20.3 Å². The molecule has 0 aliphatic heterocycles. The van der Waals surface area contributed by atoms with Gasteiger partial charge >= 0.3 is 0 Å². The molecule has 0 rings (SSSR count). The second-order valence-electron chi connectivity index (χ2n) is 13.2. The zero-order valence-corrected chi connectivity index (χ0v) is 30.4. The van der Waals surface area contributed by atoms with Crippen molar-refractivity contribution in [1.82, 2.24) is 0 Å². The number of methoxy groups -OCH3 is 1. The van der Waals surface area contributed by atoms with E-state index in [9.17, 15) is 0 Å². The van der Waals surface area contributed by atoms with E-state index in [4.69, 9.17) is 18.9 Å². The largest absolute Gasteiger partial charge is 0.476 e. The van der Waals surface area contributed by atoms with Gasteiger partial charge in [-0.2, -0.15) is 0 Å². The van der Waals surface area contributed by atoms with Crippen LogP contribution in [0.5, 0.6) is 0 Å². The van der Waals surface area contributed by atoms with Crippen LogP contribution < -0.4 is 0 Å². The van der Waals surface area contributed by atoms with Crippen molar-refractivity contribution in [3.8, 4) is 0 Å². The Morgan fingerprint density at radius 3 is 1.20 bits per heavy atom. The lowest BCUT2D eigenvalue weighted by Gasteiger charge is -2.19. The molecule has 4 nitrogen and oxygen atoms in total. The maximum atomic E-state index is 6.26. The predicted octanol–water partition coefficient (Wildman–Crippen LogP) is 13.6. The van der Waals surface area contributed by atoms with E-state index in [0.29, 0.717) is 6.79 Å². The molecule has 0 unspecified atom stereocenters. The van der Waals surface area contributed by atoms with E-state index in [2.05, 4.69) is 19.9 Å². The molecule has 0 fully saturated rings. The van der Waals surface area contributed by atoms with E-state index < -0.39 is 0 Å². The van der Waals surface area contributed by atoms with Gasteiger partial charge in [0.25, 0.3) is 0 Å². The summed E-state index contributed by atoms with van der Waals surface area (Å²) in [5.74, 6) is 0. The topological polar surface area (TPSA) is 36.9 Å². The monoisotopic (exact) mass is 625 g/mol. The summed E-state index contributed by atoms with van der Waals surface area (Å²) in [4.78, 5) is 0. The lowest BCUT2D eigenvalue weighted by Crippen LogP contribution is -2.19. The van der Waals surface area contributed by atoms with Crippen molar-refractivity contribution in [2.24, 2.45) is 0 Å². The molecule has 0 spiro atoms. The van der Waals surface area contributed by atoms with Crippen LogP contribution in [0.4, 0.5) is 0 Å². The van der Waals surface area contributed by atoms with Gasteiger partial charge in [0.15, 0.2) is 13.1 Å². The van der Waals surface area contributed by atoms with Crippen molar-refractivity contribution in [3.05, 3.63) is 12.3 Å². The molecule has 44 heavy (non-hydrogen) atoms. The summed E-state index contributed by atoms with van der Waals surface area (Å²) >= 11 is 0. The first-order valence-corrected chi connectivity index (χ1v) is 19.8. The van der Waals surface area contributed by atoms with Gasteiger partial charge in [-0.15, -0.1) is 0 Å². The van der Waals surface area contributed by atoms with Crippen molar-refractivity contribution in [1.29, 1.82) is 0 Å². The lowest BCUT2D eigenvalue weighted by atomic mass is 10.0. The molecule has 0 aliphatic rings. The maximum Gasteiger partial charge on any atom is 0.187 e. The van der Waals surface area contributed by atoms with Crippen molar-refractivity contribution in [2.45, 2.75) is 219 Å². The van der Waals surface area contributed by atoms with Crippen LogP contribution >= 0.6 is 0 Å². The van der Waals surface area contributed by atoms with Crippen LogP contribution in [-0.4, -0.2) is 33.4 Å². The molecule has 0 saturated heterocycles. The van der Waals surface area contributed by atoms with Crippen molar-refractivity contribution in [2.75, 3.05) is 27.1 Å². The minimum atomic E-state index is 0.0236. The van der Waals surface area contributed by atoms with E-state index in [1.165, 1.54) is 186 Å². The van der Waals surface area contributed by atoms with Gasteiger partial charge in [0.1, 0.15) is 0 Å². The van der Waals surface area contributed by atoms with Crippen molar-refractivity contribution < 1.29 is 18.9 Å². The third-order valence-electron chi connectivity index (χ3n) is 8.79. The van der Waals surface area contributed by atoms with Gasteiger partial charge in [-0.1, -0.05) is 174 Å².